The fourth-order valence-electron chi connectivity index (χ4n) is 1.28. The molecule has 0 aliphatic carbocycles. The maximum Gasteiger partial charge on any atom is 0.318 e. The summed E-state index contributed by atoms with van der Waals surface area (Å²) in [5.41, 5.74) is 10.0. The Hall–Kier alpha value is -1.42. The molecule has 0 unspecified atom stereocenters. The zero-order valence-electron chi connectivity index (χ0n) is 8.28. The van der Waals surface area contributed by atoms with Crippen molar-refractivity contribution in [1.82, 2.24) is 5.32 Å². The van der Waals surface area contributed by atoms with E-state index < -0.39 is 37.2 Å². The summed E-state index contributed by atoms with van der Waals surface area (Å²) in [4.78, 5) is 14.0. The Labute approximate surface area is 90.7 Å². The lowest BCUT2D eigenvalue weighted by Crippen LogP contribution is -2.42. The van der Waals surface area contributed by atoms with Gasteiger partial charge in [0, 0.05) is 0 Å². The molecule has 0 aromatic rings. The highest BCUT2D eigenvalue weighted by atomic mass is 16.6. The summed E-state index contributed by atoms with van der Waals surface area (Å²) in [5, 5.41) is 29.6. The molecule has 92 valence electrons. The van der Waals surface area contributed by atoms with E-state index >= 15 is 0 Å². The van der Waals surface area contributed by atoms with Gasteiger partial charge < -0.3 is 31.5 Å². The Morgan fingerprint density at radius 3 is 2.44 bits per heavy atom. The first-order chi connectivity index (χ1) is 7.45. The van der Waals surface area contributed by atoms with Gasteiger partial charge in [-0.1, -0.05) is 0 Å². The van der Waals surface area contributed by atoms with Gasteiger partial charge in [0.05, 0.1) is 6.61 Å². The van der Waals surface area contributed by atoms with E-state index in [9.17, 15) is 15.0 Å². The summed E-state index contributed by atoms with van der Waals surface area (Å²) in [6, 6.07) is -0.909. The van der Waals surface area contributed by atoms with Crippen LogP contribution in [0.2, 0.25) is 0 Å². The lowest BCUT2D eigenvalue weighted by atomic mass is 10.1. The highest BCUT2D eigenvalue weighted by Gasteiger charge is 2.42. The van der Waals surface area contributed by atoms with Gasteiger partial charge in [0.1, 0.15) is 18.3 Å². The number of primary amides is 1. The molecular formula is C7H14N4O5. The number of rotatable bonds is 2. The molecule has 9 heteroatoms. The van der Waals surface area contributed by atoms with Gasteiger partial charge in [-0.15, -0.1) is 0 Å². The number of nitrogens with one attached hydrogen (secondary N) is 1. The Bertz CT molecular complexity index is 297. The van der Waals surface area contributed by atoms with Gasteiger partial charge in [-0.2, -0.15) is 0 Å². The summed E-state index contributed by atoms with van der Waals surface area (Å²) < 4.78 is 4.98. The predicted octanol–water partition coefficient (Wildman–Crippen LogP) is -3.59. The standard InChI is InChI=1S/C7H14N4O5/c8-6(11-7(9)15)10-5-4(14)3(13)2(1-12)16-5/h2-5,12-14H,1H2,(H5,8,9,10,11,15)/t2-,3-,4-,5-/m1/s1. The number of amides is 2. The Morgan fingerprint density at radius 1 is 1.38 bits per heavy atom. The number of nitrogens with two attached hydrogens (primary N) is 2. The molecule has 9 nitrogen and oxygen atoms in total. The van der Waals surface area contributed by atoms with Crippen LogP contribution in [0, 0.1) is 0 Å². The van der Waals surface area contributed by atoms with Crippen LogP contribution in [0.5, 0.6) is 0 Å². The first kappa shape index (κ1) is 12.6. The van der Waals surface area contributed by atoms with Crippen molar-refractivity contribution < 1.29 is 24.9 Å². The number of ether oxygens (including phenoxy) is 1. The highest BCUT2D eigenvalue weighted by Crippen LogP contribution is 2.21. The minimum atomic E-state index is -1.33. The summed E-state index contributed by atoms with van der Waals surface area (Å²) in [6.07, 6.45) is -4.69. The number of hydrogen-bond donors (Lipinski definition) is 6. The summed E-state index contributed by atoms with van der Waals surface area (Å²) in [6.45, 7) is -0.465. The van der Waals surface area contributed by atoms with Gasteiger partial charge in [-0.05, 0) is 0 Å². The van der Waals surface area contributed by atoms with Crippen molar-refractivity contribution in [2.75, 3.05) is 6.61 Å². The van der Waals surface area contributed by atoms with Crippen LogP contribution in [-0.4, -0.2) is 58.5 Å². The van der Waals surface area contributed by atoms with Crippen molar-refractivity contribution in [2.24, 2.45) is 16.5 Å². The lowest BCUT2D eigenvalue weighted by molar-refractivity contribution is -0.0194. The minimum Gasteiger partial charge on any atom is -0.394 e. The van der Waals surface area contributed by atoms with Gasteiger partial charge in [0.15, 0.2) is 12.2 Å². The largest absolute Gasteiger partial charge is 0.394 e. The van der Waals surface area contributed by atoms with Crippen LogP contribution in [0.4, 0.5) is 4.79 Å². The van der Waals surface area contributed by atoms with Crippen LogP contribution in [0.25, 0.3) is 0 Å². The zero-order valence-corrected chi connectivity index (χ0v) is 8.28. The smallest absolute Gasteiger partial charge is 0.318 e. The second-order valence-electron chi connectivity index (χ2n) is 3.23. The van der Waals surface area contributed by atoms with Crippen molar-refractivity contribution in [2.45, 2.75) is 24.5 Å². The monoisotopic (exact) mass is 234 g/mol. The van der Waals surface area contributed by atoms with Crippen LogP contribution in [0.1, 0.15) is 0 Å². The van der Waals surface area contributed by atoms with E-state index in [1.807, 2.05) is 5.32 Å². The minimum absolute atomic E-state index is 0.345. The van der Waals surface area contributed by atoms with E-state index in [1.54, 1.807) is 0 Å². The lowest BCUT2D eigenvalue weighted by Gasteiger charge is -2.10. The third-order valence-corrected chi connectivity index (χ3v) is 2.03. The number of nitrogens with zero attached hydrogens (tertiary/aromatic N) is 1. The molecule has 0 spiro atoms. The molecule has 1 rings (SSSR count). The van der Waals surface area contributed by atoms with E-state index in [4.69, 9.17) is 21.3 Å². The molecule has 1 fully saturated rings. The Morgan fingerprint density at radius 2 is 2.00 bits per heavy atom. The van der Waals surface area contributed by atoms with Gasteiger partial charge in [-0.25, -0.2) is 9.79 Å². The van der Waals surface area contributed by atoms with Gasteiger partial charge in [0.25, 0.3) is 0 Å². The van der Waals surface area contributed by atoms with Crippen molar-refractivity contribution in [3.05, 3.63) is 0 Å². The molecule has 0 aromatic heterocycles. The third-order valence-electron chi connectivity index (χ3n) is 2.03. The van der Waals surface area contributed by atoms with Gasteiger partial charge in [-0.3, -0.25) is 5.32 Å². The van der Waals surface area contributed by atoms with Crippen LogP contribution in [0.3, 0.4) is 0 Å². The Kier molecular flexibility index (Phi) is 4.01. The molecule has 1 heterocycles. The maximum atomic E-state index is 10.4. The van der Waals surface area contributed by atoms with Crippen molar-refractivity contribution in [1.29, 1.82) is 0 Å². The quantitative estimate of drug-likeness (QED) is 0.213. The van der Waals surface area contributed by atoms with E-state index in [2.05, 4.69) is 4.99 Å². The average molecular weight is 234 g/mol. The van der Waals surface area contributed by atoms with Gasteiger partial charge in [0.2, 0.25) is 0 Å². The molecule has 0 saturated carbocycles. The van der Waals surface area contributed by atoms with Crippen LogP contribution in [0.15, 0.2) is 4.99 Å². The Balaban J connectivity index is 2.65. The van der Waals surface area contributed by atoms with Crippen LogP contribution >= 0.6 is 0 Å². The number of carbonyl (C=O) groups excluding carboxylic acids is 1. The second-order valence-corrected chi connectivity index (χ2v) is 3.23. The number of aliphatic imine (C=N–C) groups is 1. The van der Waals surface area contributed by atoms with Crippen LogP contribution < -0.4 is 16.8 Å². The first-order valence-electron chi connectivity index (χ1n) is 4.48. The predicted molar refractivity (Wildman–Crippen MR) is 52.1 cm³/mol. The topological polar surface area (TPSA) is 163 Å². The number of aliphatic hydroxyl groups excluding tert-OH is 3. The SMILES string of the molecule is NC(=O)NC(N)=N[C@@H]1O[C@H](CO)[C@@H](O)[C@H]1O. The van der Waals surface area contributed by atoms with E-state index in [0.29, 0.717) is 0 Å². The van der Waals surface area contributed by atoms with Crippen molar-refractivity contribution in [3.8, 4) is 0 Å². The molecule has 1 aliphatic heterocycles. The van der Waals surface area contributed by atoms with Crippen LogP contribution in [-0.2, 0) is 4.74 Å². The molecule has 4 atom stereocenters. The number of aliphatic hydroxyl groups is 3. The number of hydrogen-bond acceptors (Lipinski definition) is 6. The number of guanidine groups is 1. The molecule has 1 saturated heterocycles. The summed E-state index contributed by atoms with van der Waals surface area (Å²) in [7, 11) is 0. The highest BCUT2D eigenvalue weighted by molar-refractivity contribution is 5.94. The molecular weight excluding hydrogens is 220 g/mol. The molecule has 0 radical (unpaired) electrons. The summed E-state index contributed by atoms with van der Waals surface area (Å²) >= 11 is 0. The maximum absolute atomic E-state index is 10.4. The van der Waals surface area contributed by atoms with E-state index in [0.717, 1.165) is 0 Å². The molecule has 16 heavy (non-hydrogen) atoms. The van der Waals surface area contributed by atoms with E-state index in [-0.39, 0.29) is 5.96 Å². The molecule has 2 amide bonds. The number of urea groups is 1. The zero-order chi connectivity index (χ0) is 12.3. The van der Waals surface area contributed by atoms with Crippen molar-refractivity contribution in [3.63, 3.8) is 0 Å². The molecule has 0 bridgehead atoms. The fraction of sp³-hybridized carbons (Fsp3) is 0.714. The molecule has 0 aromatic carbocycles. The first-order valence-corrected chi connectivity index (χ1v) is 4.48. The van der Waals surface area contributed by atoms with E-state index in [1.165, 1.54) is 0 Å². The third kappa shape index (κ3) is 2.79. The normalized spacial score (nSPS) is 35.1. The number of carbonyl (C=O) groups is 1. The fourth-order valence-corrected chi connectivity index (χ4v) is 1.28. The molecule has 8 N–H and O–H groups in total. The summed E-state index contributed by atoms with van der Waals surface area (Å²) in [5.74, 6) is -0.345. The van der Waals surface area contributed by atoms with Gasteiger partial charge >= 0.3 is 6.03 Å². The van der Waals surface area contributed by atoms with Crippen molar-refractivity contribution >= 4 is 12.0 Å². The molecule has 1 aliphatic rings. The second kappa shape index (κ2) is 5.07. The average Bonchev–Trinajstić information content (AvgIpc) is 2.44.